The zero-order valence-corrected chi connectivity index (χ0v) is 8.78. The Morgan fingerprint density at radius 2 is 2.13 bits per heavy atom. The van der Waals surface area contributed by atoms with Gasteiger partial charge >= 0.3 is 0 Å². The van der Waals surface area contributed by atoms with Crippen molar-refractivity contribution in [3.05, 3.63) is 37.2 Å². The fourth-order valence-electron chi connectivity index (χ4n) is 1.19. The molecule has 0 saturated heterocycles. The molecule has 0 saturated carbocycles. The van der Waals surface area contributed by atoms with E-state index in [4.69, 9.17) is 0 Å². The van der Waals surface area contributed by atoms with Crippen molar-refractivity contribution in [1.82, 2.24) is 15.2 Å². The summed E-state index contributed by atoms with van der Waals surface area (Å²) in [5, 5.41) is 5.76. The number of aromatic nitrogens is 1. The largest absolute Gasteiger partial charge is 0.353 e. The van der Waals surface area contributed by atoms with E-state index >= 15 is 0 Å². The van der Waals surface area contributed by atoms with E-state index < -0.39 is 0 Å². The van der Waals surface area contributed by atoms with Gasteiger partial charge in [-0.2, -0.15) is 0 Å². The molecule has 4 nitrogen and oxygen atoms in total. The zero-order chi connectivity index (χ0) is 10.9. The van der Waals surface area contributed by atoms with Crippen molar-refractivity contribution < 1.29 is 4.79 Å². The summed E-state index contributed by atoms with van der Waals surface area (Å²) in [6.45, 7) is 6.02. The average molecular weight is 207 g/mol. The number of nitrogens with one attached hydrogen (secondary N) is 2. The minimum Gasteiger partial charge on any atom is -0.353 e. The van der Waals surface area contributed by atoms with Crippen LogP contribution in [0.2, 0.25) is 0 Å². The molecule has 0 fully saturated rings. The Labute approximate surface area is 90.0 Å². The van der Waals surface area contributed by atoms with Crippen molar-refractivity contribution >= 4 is 5.91 Å². The summed E-state index contributed by atoms with van der Waals surface area (Å²) < 4.78 is 2.03. The first kappa shape index (κ1) is 11.5. The van der Waals surface area contributed by atoms with Crippen molar-refractivity contribution in [3.63, 3.8) is 0 Å². The first-order chi connectivity index (χ1) is 7.33. The van der Waals surface area contributed by atoms with Gasteiger partial charge < -0.3 is 15.2 Å². The van der Waals surface area contributed by atoms with E-state index in [0.717, 1.165) is 6.54 Å². The molecular weight excluding hydrogens is 190 g/mol. The molecule has 0 aromatic carbocycles. The lowest BCUT2D eigenvalue weighted by Gasteiger charge is -2.06. The SMILES string of the molecule is C=CCNCC(=O)NCCn1cccc1. The summed E-state index contributed by atoms with van der Waals surface area (Å²) in [5.74, 6) is 0.0176. The predicted octanol–water partition coefficient (Wildman–Crippen LogP) is 0.380. The highest BCUT2D eigenvalue weighted by Crippen LogP contribution is 1.87. The first-order valence-corrected chi connectivity index (χ1v) is 5.02. The molecule has 0 atom stereocenters. The van der Waals surface area contributed by atoms with Crippen LogP contribution in [0.25, 0.3) is 0 Å². The number of nitrogens with zero attached hydrogens (tertiary/aromatic N) is 1. The Kier molecular flexibility index (Phi) is 5.25. The van der Waals surface area contributed by atoms with Crippen LogP contribution in [0.5, 0.6) is 0 Å². The van der Waals surface area contributed by atoms with Gasteiger partial charge in [-0.1, -0.05) is 6.08 Å². The number of hydrogen-bond acceptors (Lipinski definition) is 2. The Balaban J connectivity index is 2.04. The molecule has 1 aromatic rings. The van der Waals surface area contributed by atoms with Crippen LogP contribution in [-0.4, -0.2) is 30.1 Å². The fourth-order valence-corrected chi connectivity index (χ4v) is 1.19. The van der Waals surface area contributed by atoms with Gasteiger partial charge in [0.25, 0.3) is 0 Å². The molecule has 0 unspecified atom stereocenters. The van der Waals surface area contributed by atoms with Crippen molar-refractivity contribution in [2.75, 3.05) is 19.6 Å². The second kappa shape index (κ2) is 6.84. The van der Waals surface area contributed by atoms with Crippen molar-refractivity contribution in [2.45, 2.75) is 6.54 Å². The smallest absolute Gasteiger partial charge is 0.234 e. The summed E-state index contributed by atoms with van der Waals surface area (Å²) >= 11 is 0. The van der Waals surface area contributed by atoms with E-state index in [9.17, 15) is 4.79 Å². The number of carbonyl (C=O) groups excluding carboxylic acids is 1. The average Bonchev–Trinajstić information content (AvgIpc) is 2.71. The molecule has 1 aromatic heterocycles. The second-order valence-electron chi connectivity index (χ2n) is 3.19. The number of hydrogen-bond donors (Lipinski definition) is 2. The van der Waals surface area contributed by atoms with Crippen molar-refractivity contribution in [3.8, 4) is 0 Å². The van der Waals surface area contributed by atoms with Crippen LogP contribution >= 0.6 is 0 Å². The lowest BCUT2D eigenvalue weighted by atomic mass is 10.5. The molecule has 82 valence electrons. The molecule has 0 aliphatic carbocycles. The molecule has 0 spiro atoms. The standard InChI is InChI=1S/C11H17N3O/c1-2-5-12-10-11(15)13-6-9-14-7-3-4-8-14/h2-4,7-8,12H,1,5-6,9-10H2,(H,13,15). The zero-order valence-electron chi connectivity index (χ0n) is 8.78. The molecule has 2 N–H and O–H groups in total. The lowest BCUT2D eigenvalue weighted by molar-refractivity contribution is -0.120. The number of amides is 1. The Morgan fingerprint density at radius 1 is 1.40 bits per heavy atom. The minimum absolute atomic E-state index is 0.0176. The molecule has 1 rings (SSSR count). The van der Waals surface area contributed by atoms with Gasteiger partial charge in [-0.3, -0.25) is 4.79 Å². The van der Waals surface area contributed by atoms with Gasteiger partial charge in [0.15, 0.2) is 0 Å². The van der Waals surface area contributed by atoms with Crippen LogP contribution in [0.15, 0.2) is 37.2 Å². The highest BCUT2D eigenvalue weighted by molar-refractivity contribution is 5.77. The van der Waals surface area contributed by atoms with Crippen LogP contribution in [0.3, 0.4) is 0 Å². The molecule has 0 radical (unpaired) electrons. The maximum Gasteiger partial charge on any atom is 0.234 e. The third kappa shape index (κ3) is 5.02. The van der Waals surface area contributed by atoms with Gasteiger partial charge in [-0.25, -0.2) is 0 Å². The van der Waals surface area contributed by atoms with Crippen molar-refractivity contribution in [1.29, 1.82) is 0 Å². The van der Waals surface area contributed by atoms with E-state index in [-0.39, 0.29) is 5.91 Å². The third-order valence-electron chi connectivity index (χ3n) is 1.93. The molecule has 15 heavy (non-hydrogen) atoms. The Hall–Kier alpha value is -1.55. The van der Waals surface area contributed by atoms with Crippen LogP contribution in [-0.2, 0) is 11.3 Å². The lowest BCUT2D eigenvalue weighted by Crippen LogP contribution is -2.35. The van der Waals surface area contributed by atoms with Gasteiger partial charge in [-0.15, -0.1) is 6.58 Å². The van der Waals surface area contributed by atoms with Gasteiger partial charge in [-0.05, 0) is 12.1 Å². The normalized spacial score (nSPS) is 9.87. The summed E-state index contributed by atoms with van der Waals surface area (Å²) in [7, 11) is 0. The summed E-state index contributed by atoms with van der Waals surface area (Å²) in [6.07, 6.45) is 5.68. The highest BCUT2D eigenvalue weighted by Gasteiger charge is 1.97. The summed E-state index contributed by atoms with van der Waals surface area (Å²) in [6, 6.07) is 3.93. The van der Waals surface area contributed by atoms with E-state index in [0.29, 0.717) is 19.6 Å². The van der Waals surface area contributed by atoms with E-state index in [1.165, 1.54) is 0 Å². The van der Waals surface area contributed by atoms with Gasteiger partial charge in [0.2, 0.25) is 5.91 Å². The van der Waals surface area contributed by atoms with Crippen molar-refractivity contribution in [2.24, 2.45) is 0 Å². The van der Waals surface area contributed by atoms with Crippen LogP contribution < -0.4 is 10.6 Å². The molecule has 0 bridgehead atoms. The molecule has 1 amide bonds. The molecule has 1 heterocycles. The van der Waals surface area contributed by atoms with E-state index in [1.54, 1.807) is 6.08 Å². The quantitative estimate of drug-likeness (QED) is 0.501. The van der Waals surface area contributed by atoms with Crippen LogP contribution in [0.4, 0.5) is 0 Å². The second-order valence-corrected chi connectivity index (χ2v) is 3.19. The first-order valence-electron chi connectivity index (χ1n) is 5.02. The van der Waals surface area contributed by atoms with Gasteiger partial charge in [0, 0.05) is 32.0 Å². The van der Waals surface area contributed by atoms with Gasteiger partial charge in [0.05, 0.1) is 6.54 Å². The van der Waals surface area contributed by atoms with Gasteiger partial charge in [0.1, 0.15) is 0 Å². The topological polar surface area (TPSA) is 46.1 Å². The highest BCUT2D eigenvalue weighted by atomic mass is 16.1. The third-order valence-corrected chi connectivity index (χ3v) is 1.93. The minimum atomic E-state index is 0.0176. The summed E-state index contributed by atoms with van der Waals surface area (Å²) in [5.41, 5.74) is 0. The maximum absolute atomic E-state index is 11.2. The fraction of sp³-hybridized carbons (Fsp3) is 0.364. The number of carbonyl (C=O) groups is 1. The maximum atomic E-state index is 11.2. The molecule has 0 aliphatic rings. The van der Waals surface area contributed by atoms with E-state index in [1.807, 2.05) is 29.1 Å². The number of rotatable bonds is 7. The molecule has 4 heteroatoms. The predicted molar refractivity (Wildman–Crippen MR) is 60.5 cm³/mol. The molecule has 0 aliphatic heterocycles. The molecular formula is C11H17N3O. The Morgan fingerprint density at radius 3 is 2.80 bits per heavy atom. The Bertz CT molecular complexity index is 293. The van der Waals surface area contributed by atoms with Crippen LogP contribution in [0.1, 0.15) is 0 Å². The van der Waals surface area contributed by atoms with E-state index in [2.05, 4.69) is 17.2 Å². The monoisotopic (exact) mass is 207 g/mol. The van der Waals surface area contributed by atoms with Crippen LogP contribution in [0, 0.1) is 0 Å². The summed E-state index contributed by atoms with van der Waals surface area (Å²) in [4.78, 5) is 11.2.